The first-order chi connectivity index (χ1) is 10.0. The second kappa shape index (κ2) is 7.90. The molecule has 1 fully saturated rings. The molecule has 0 saturated carbocycles. The van der Waals surface area contributed by atoms with Gasteiger partial charge in [0.05, 0.1) is 6.54 Å². The molecule has 1 aromatic rings. The molecule has 2 rings (SSSR count). The maximum absolute atomic E-state index is 12.2. The molecule has 0 N–H and O–H groups in total. The number of rotatable bonds is 6. The van der Waals surface area contributed by atoms with Crippen molar-refractivity contribution in [1.29, 1.82) is 0 Å². The van der Waals surface area contributed by atoms with E-state index >= 15 is 0 Å². The molecule has 1 aliphatic heterocycles. The van der Waals surface area contributed by atoms with Gasteiger partial charge in [-0.2, -0.15) is 0 Å². The molecular formula is C16H24ClN3O. The highest BCUT2D eigenvalue weighted by Gasteiger charge is 2.19. The molecule has 0 bridgehead atoms. The number of hydrogen-bond acceptors (Lipinski definition) is 4. The predicted molar refractivity (Wildman–Crippen MR) is 87.2 cm³/mol. The zero-order valence-electron chi connectivity index (χ0n) is 12.9. The molecule has 1 saturated heterocycles. The number of hydrogen-bond donors (Lipinski definition) is 0. The van der Waals surface area contributed by atoms with Crippen molar-refractivity contribution in [2.45, 2.75) is 0 Å². The fraction of sp³-hybridized carbons (Fsp3) is 0.562. The van der Waals surface area contributed by atoms with Gasteiger partial charge in [-0.3, -0.25) is 14.6 Å². The summed E-state index contributed by atoms with van der Waals surface area (Å²) in [4.78, 5) is 19.1. The van der Waals surface area contributed by atoms with Gasteiger partial charge in [0, 0.05) is 49.9 Å². The normalized spacial score (nSPS) is 17.3. The van der Waals surface area contributed by atoms with Crippen LogP contribution in [0.4, 0.5) is 0 Å². The molecule has 0 unspecified atom stereocenters. The van der Waals surface area contributed by atoms with Crippen LogP contribution in [-0.2, 0) is 0 Å². The van der Waals surface area contributed by atoms with Crippen LogP contribution in [0, 0.1) is 0 Å². The monoisotopic (exact) mass is 309 g/mol. The minimum Gasteiger partial charge on any atom is -0.308 e. The molecule has 116 valence electrons. The van der Waals surface area contributed by atoms with Gasteiger partial charge >= 0.3 is 0 Å². The Labute approximate surface area is 132 Å². The molecule has 21 heavy (non-hydrogen) atoms. The first-order valence-corrected chi connectivity index (χ1v) is 7.80. The van der Waals surface area contributed by atoms with Crippen LogP contribution in [-0.4, -0.2) is 80.4 Å². The number of carbonyl (C=O) groups excluding carboxylic acids is 1. The Kier molecular flexibility index (Phi) is 6.18. The van der Waals surface area contributed by atoms with Crippen LogP contribution in [0.25, 0.3) is 0 Å². The van der Waals surface area contributed by atoms with Crippen molar-refractivity contribution in [2.75, 3.05) is 59.9 Å². The third-order valence-corrected chi connectivity index (χ3v) is 4.08. The number of Topliss-reactive ketones (excluding diaryl/α,β-unsaturated/α-hetero) is 1. The molecule has 0 aliphatic carbocycles. The first kappa shape index (κ1) is 16.4. The van der Waals surface area contributed by atoms with Crippen LogP contribution in [0.1, 0.15) is 10.4 Å². The molecule has 1 aliphatic rings. The lowest BCUT2D eigenvalue weighted by molar-refractivity contribution is 0.0844. The summed E-state index contributed by atoms with van der Waals surface area (Å²) >= 11 is 5.93. The minimum atomic E-state index is 0.152. The largest absolute Gasteiger partial charge is 0.308 e. The van der Waals surface area contributed by atoms with Crippen molar-refractivity contribution >= 4 is 17.4 Å². The van der Waals surface area contributed by atoms with Crippen LogP contribution in [0.5, 0.6) is 0 Å². The highest BCUT2D eigenvalue weighted by molar-refractivity contribution is 6.31. The average Bonchev–Trinajstić information content (AvgIpc) is 2.46. The summed E-state index contributed by atoms with van der Waals surface area (Å²) in [5, 5.41) is 0.620. The number of carbonyl (C=O) groups is 1. The van der Waals surface area contributed by atoms with Crippen molar-refractivity contribution in [3.05, 3.63) is 34.9 Å². The van der Waals surface area contributed by atoms with E-state index in [1.54, 1.807) is 12.1 Å². The summed E-state index contributed by atoms with van der Waals surface area (Å²) in [6.07, 6.45) is 0. The molecule has 0 atom stereocenters. The second-order valence-corrected chi connectivity index (χ2v) is 6.29. The molecular weight excluding hydrogens is 286 g/mol. The van der Waals surface area contributed by atoms with E-state index in [9.17, 15) is 4.79 Å². The highest BCUT2D eigenvalue weighted by atomic mass is 35.5. The van der Waals surface area contributed by atoms with Gasteiger partial charge in [-0.1, -0.05) is 23.7 Å². The fourth-order valence-electron chi connectivity index (χ4n) is 2.47. The van der Waals surface area contributed by atoms with Crippen LogP contribution < -0.4 is 0 Å². The third-order valence-electron chi connectivity index (χ3n) is 3.84. The maximum Gasteiger partial charge on any atom is 0.176 e. The van der Waals surface area contributed by atoms with E-state index in [2.05, 4.69) is 28.8 Å². The van der Waals surface area contributed by atoms with Gasteiger partial charge in [-0.15, -0.1) is 0 Å². The zero-order valence-corrected chi connectivity index (χ0v) is 13.6. The second-order valence-electron chi connectivity index (χ2n) is 5.85. The quantitative estimate of drug-likeness (QED) is 0.747. The summed E-state index contributed by atoms with van der Waals surface area (Å²) in [5.74, 6) is 0.152. The zero-order chi connectivity index (χ0) is 15.2. The lowest BCUT2D eigenvalue weighted by Gasteiger charge is -2.34. The Bertz CT molecular complexity index is 470. The summed E-state index contributed by atoms with van der Waals surface area (Å²) in [6, 6.07) is 7.20. The number of ketones is 1. The number of halogens is 1. The standard InChI is InChI=1S/C16H24ClN3O/c1-18(2)6-7-19-8-10-20(11-9-19)13-16(21)14-4-3-5-15(17)12-14/h3-5,12H,6-11,13H2,1-2H3. The SMILES string of the molecule is CN(C)CCN1CCN(CC(=O)c2cccc(Cl)c2)CC1. The van der Waals surface area contributed by atoms with E-state index in [4.69, 9.17) is 11.6 Å². The van der Waals surface area contributed by atoms with Gasteiger partial charge in [0.1, 0.15) is 0 Å². The van der Waals surface area contributed by atoms with Gasteiger partial charge in [0.25, 0.3) is 0 Å². The third kappa shape index (κ3) is 5.40. The lowest BCUT2D eigenvalue weighted by Crippen LogP contribution is -2.49. The minimum absolute atomic E-state index is 0.152. The molecule has 1 aromatic carbocycles. The van der Waals surface area contributed by atoms with Gasteiger partial charge in [-0.25, -0.2) is 0 Å². The molecule has 0 radical (unpaired) electrons. The summed E-state index contributed by atoms with van der Waals surface area (Å²) in [5.41, 5.74) is 0.706. The molecule has 0 amide bonds. The van der Waals surface area contributed by atoms with Crippen molar-refractivity contribution in [1.82, 2.24) is 14.7 Å². The Morgan fingerprint density at radius 1 is 1.19 bits per heavy atom. The van der Waals surface area contributed by atoms with Crippen LogP contribution in [0.15, 0.2) is 24.3 Å². The summed E-state index contributed by atoms with van der Waals surface area (Å²) < 4.78 is 0. The van der Waals surface area contributed by atoms with E-state index in [0.717, 1.165) is 39.3 Å². The lowest BCUT2D eigenvalue weighted by atomic mass is 10.1. The fourth-order valence-corrected chi connectivity index (χ4v) is 2.66. The van der Waals surface area contributed by atoms with Crippen molar-refractivity contribution in [3.63, 3.8) is 0 Å². The van der Waals surface area contributed by atoms with Gasteiger partial charge < -0.3 is 4.90 Å². The molecule has 4 nitrogen and oxygen atoms in total. The van der Waals surface area contributed by atoms with Crippen LogP contribution >= 0.6 is 11.6 Å². The molecule has 1 heterocycles. The Hall–Kier alpha value is -0.940. The van der Waals surface area contributed by atoms with Crippen LogP contribution in [0.3, 0.4) is 0 Å². The highest BCUT2D eigenvalue weighted by Crippen LogP contribution is 2.12. The summed E-state index contributed by atoms with van der Waals surface area (Å²) in [7, 11) is 4.19. The smallest absolute Gasteiger partial charge is 0.176 e. The maximum atomic E-state index is 12.2. The van der Waals surface area contributed by atoms with E-state index in [1.807, 2.05) is 12.1 Å². The Morgan fingerprint density at radius 2 is 1.86 bits per heavy atom. The van der Waals surface area contributed by atoms with Crippen molar-refractivity contribution < 1.29 is 4.79 Å². The van der Waals surface area contributed by atoms with Crippen molar-refractivity contribution in [3.8, 4) is 0 Å². The summed E-state index contributed by atoms with van der Waals surface area (Å²) in [6.45, 7) is 6.67. The van der Waals surface area contributed by atoms with E-state index < -0.39 is 0 Å². The van der Waals surface area contributed by atoms with Gasteiger partial charge in [-0.05, 0) is 26.2 Å². The predicted octanol–water partition coefficient (Wildman–Crippen LogP) is 1.70. The molecule has 5 heteroatoms. The average molecular weight is 310 g/mol. The number of benzene rings is 1. The van der Waals surface area contributed by atoms with Gasteiger partial charge in [0.2, 0.25) is 0 Å². The van der Waals surface area contributed by atoms with Crippen molar-refractivity contribution in [2.24, 2.45) is 0 Å². The topological polar surface area (TPSA) is 26.8 Å². The van der Waals surface area contributed by atoms with Crippen LogP contribution in [0.2, 0.25) is 5.02 Å². The number of piperazine rings is 1. The Balaban J connectivity index is 1.77. The van der Waals surface area contributed by atoms with E-state index in [0.29, 0.717) is 17.1 Å². The number of likely N-dealkylation sites (N-methyl/N-ethyl adjacent to an activating group) is 1. The molecule has 0 aromatic heterocycles. The van der Waals surface area contributed by atoms with E-state index in [1.165, 1.54) is 0 Å². The number of nitrogens with zero attached hydrogens (tertiary/aromatic N) is 3. The Morgan fingerprint density at radius 3 is 2.48 bits per heavy atom. The first-order valence-electron chi connectivity index (χ1n) is 7.43. The van der Waals surface area contributed by atoms with Gasteiger partial charge in [0.15, 0.2) is 5.78 Å². The van der Waals surface area contributed by atoms with E-state index in [-0.39, 0.29) is 5.78 Å². The molecule has 0 spiro atoms.